The van der Waals surface area contributed by atoms with Crippen LogP contribution in [0.5, 0.6) is 0 Å². The molecule has 1 saturated carbocycles. The smallest absolute Gasteiger partial charge is 0.366 e. The van der Waals surface area contributed by atoms with Gasteiger partial charge in [-0.3, -0.25) is 4.90 Å². The third-order valence-corrected chi connectivity index (χ3v) is 6.22. The summed E-state index contributed by atoms with van der Waals surface area (Å²) in [6, 6.07) is 0.300. The van der Waals surface area contributed by atoms with Crippen LogP contribution in [0, 0.1) is 11.3 Å². The van der Waals surface area contributed by atoms with E-state index in [1.807, 2.05) is 4.90 Å². The van der Waals surface area contributed by atoms with Crippen LogP contribution in [0.15, 0.2) is 0 Å². The maximum atomic E-state index is 13.0. The van der Waals surface area contributed by atoms with Crippen molar-refractivity contribution in [1.29, 1.82) is 0 Å². The zero-order valence-corrected chi connectivity index (χ0v) is 13.6. The Kier molecular flexibility index (Phi) is 4.66. The molecule has 1 aliphatic carbocycles. The Balaban J connectivity index is 1.91. The number of methoxy groups -OCH3 is 1. The predicted molar refractivity (Wildman–Crippen MR) is 77.2 cm³/mol. The fraction of sp³-hybridized carbons (Fsp3) is 1.00. The van der Waals surface area contributed by atoms with Crippen LogP contribution in [-0.4, -0.2) is 42.9 Å². The molecule has 0 amide bonds. The molecule has 1 saturated heterocycles. The molecule has 1 heterocycles. The molecule has 0 aromatic heterocycles. The molecule has 0 radical (unpaired) electrons. The monoisotopic (exact) mass is 307 g/mol. The molecule has 0 atom stereocenters. The maximum absolute atomic E-state index is 13.0. The lowest BCUT2D eigenvalue weighted by atomic mass is 9.64. The average molecular weight is 307 g/mol. The first-order valence-corrected chi connectivity index (χ1v) is 8.05. The van der Waals surface area contributed by atoms with Crippen molar-refractivity contribution >= 4 is 0 Å². The molecule has 2 aliphatic rings. The molecule has 0 N–H and O–H groups in total. The van der Waals surface area contributed by atoms with Crippen LogP contribution >= 0.6 is 0 Å². The Morgan fingerprint density at radius 1 is 1.19 bits per heavy atom. The van der Waals surface area contributed by atoms with Gasteiger partial charge in [-0.25, -0.2) is 0 Å². The minimum atomic E-state index is -4.27. The van der Waals surface area contributed by atoms with Gasteiger partial charge in [-0.1, -0.05) is 27.2 Å². The highest BCUT2D eigenvalue weighted by Crippen LogP contribution is 2.48. The molecule has 0 spiro atoms. The number of rotatable bonds is 4. The number of alkyl halides is 3. The first kappa shape index (κ1) is 17.1. The number of hydrogen-bond acceptors (Lipinski definition) is 2. The molecule has 0 aromatic rings. The zero-order chi connectivity index (χ0) is 15.9. The van der Waals surface area contributed by atoms with E-state index in [-0.39, 0.29) is 13.1 Å². The van der Waals surface area contributed by atoms with E-state index in [2.05, 4.69) is 20.8 Å². The number of hydrogen-bond donors (Lipinski definition) is 0. The summed E-state index contributed by atoms with van der Waals surface area (Å²) in [5, 5.41) is 0. The van der Waals surface area contributed by atoms with Gasteiger partial charge in [0.2, 0.25) is 0 Å². The highest BCUT2D eigenvalue weighted by Gasteiger charge is 2.63. The van der Waals surface area contributed by atoms with E-state index in [1.54, 1.807) is 0 Å². The van der Waals surface area contributed by atoms with Gasteiger partial charge < -0.3 is 4.74 Å². The zero-order valence-electron chi connectivity index (χ0n) is 13.6. The predicted octanol–water partition coefficient (Wildman–Crippen LogP) is 4.24. The van der Waals surface area contributed by atoms with Crippen molar-refractivity contribution in [1.82, 2.24) is 4.90 Å². The van der Waals surface area contributed by atoms with Crippen molar-refractivity contribution in [2.75, 3.05) is 20.2 Å². The summed E-state index contributed by atoms with van der Waals surface area (Å²) in [5.74, 6) is 0.646. The number of halogens is 3. The molecule has 0 aromatic carbocycles. The standard InChI is InChI=1S/C16H28F3NO/c1-5-14(12(2)3)8-6-13(7-9-14)20-10-15(11-20,21-4)16(17,18)19/h12-13H,5-11H2,1-4H3. The first-order chi connectivity index (χ1) is 9.70. The molecule has 0 bridgehead atoms. The van der Waals surface area contributed by atoms with E-state index in [1.165, 1.54) is 13.5 Å². The van der Waals surface area contributed by atoms with Gasteiger partial charge in [0.05, 0.1) is 0 Å². The van der Waals surface area contributed by atoms with Crippen molar-refractivity contribution < 1.29 is 17.9 Å². The van der Waals surface area contributed by atoms with E-state index >= 15 is 0 Å². The fourth-order valence-electron chi connectivity index (χ4n) is 4.17. The highest BCUT2D eigenvalue weighted by atomic mass is 19.4. The Morgan fingerprint density at radius 3 is 2.05 bits per heavy atom. The molecular weight excluding hydrogens is 279 g/mol. The molecule has 2 nitrogen and oxygen atoms in total. The average Bonchev–Trinajstić information content (AvgIpc) is 2.37. The van der Waals surface area contributed by atoms with E-state index in [4.69, 9.17) is 4.74 Å². The minimum absolute atomic E-state index is 0.00152. The van der Waals surface area contributed by atoms with Crippen molar-refractivity contribution in [2.45, 2.75) is 70.7 Å². The van der Waals surface area contributed by atoms with Crippen LogP contribution < -0.4 is 0 Å². The molecule has 21 heavy (non-hydrogen) atoms. The van der Waals surface area contributed by atoms with Crippen molar-refractivity contribution in [2.24, 2.45) is 11.3 Å². The summed E-state index contributed by atoms with van der Waals surface area (Å²) >= 11 is 0. The second-order valence-corrected chi connectivity index (χ2v) is 7.20. The van der Waals surface area contributed by atoms with Crippen molar-refractivity contribution in [3.05, 3.63) is 0 Å². The molecule has 5 heteroatoms. The third-order valence-electron chi connectivity index (χ3n) is 6.22. The van der Waals surface area contributed by atoms with Crippen LogP contribution in [0.3, 0.4) is 0 Å². The molecule has 0 unspecified atom stereocenters. The minimum Gasteiger partial charge on any atom is -0.366 e. The second kappa shape index (κ2) is 5.73. The number of likely N-dealkylation sites (tertiary alicyclic amines) is 1. The van der Waals surface area contributed by atoms with Gasteiger partial charge in [0.25, 0.3) is 0 Å². The van der Waals surface area contributed by atoms with E-state index in [0.29, 0.717) is 17.4 Å². The Bertz CT molecular complexity index is 353. The summed E-state index contributed by atoms with van der Waals surface area (Å²) in [6.45, 7) is 6.78. The van der Waals surface area contributed by atoms with Crippen LogP contribution in [0.4, 0.5) is 13.2 Å². The highest BCUT2D eigenvalue weighted by molar-refractivity contribution is 5.05. The summed E-state index contributed by atoms with van der Waals surface area (Å²) in [6.07, 6.45) is 1.20. The normalized spacial score (nSPS) is 34.0. The van der Waals surface area contributed by atoms with Gasteiger partial charge in [0.1, 0.15) is 0 Å². The maximum Gasteiger partial charge on any atom is 0.419 e. The van der Waals surface area contributed by atoms with E-state index in [0.717, 1.165) is 25.7 Å². The molecule has 2 fully saturated rings. The van der Waals surface area contributed by atoms with Gasteiger partial charge in [-0.2, -0.15) is 13.2 Å². The van der Waals surface area contributed by atoms with Crippen molar-refractivity contribution in [3.8, 4) is 0 Å². The number of nitrogens with zero attached hydrogens (tertiary/aromatic N) is 1. The van der Waals surface area contributed by atoms with Crippen LogP contribution in [0.1, 0.15) is 52.9 Å². The molecule has 1 aliphatic heterocycles. The lowest BCUT2D eigenvalue weighted by molar-refractivity contribution is -0.316. The third kappa shape index (κ3) is 2.83. The van der Waals surface area contributed by atoms with Crippen molar-refractivity contribution in [3.63, 3.8) is 0 Å². The van der Waals surface area contributed by atoms with Crippen LogP contribution in [-0.2, 0) is 4.74 Å². The van der Waals surface area contributed by atoms with E-state index < -0.39 is 11.8 Å². The van der Waals surface area contributed by atoms with E-state index in [9.17, 15) is 13.2 Å². The largest absolute Gasteiger partial charge is 0.419 e. The topological polar surface area (TPSA) is 12.5 Å². The Hall–Kier alpha value is -0.290. The van der Waals surface area contributed by atoms with Gasteiger partial charge in [0.15, 0.2) is 5.60 Å². The summed E-state index contributed by atoms with van der Waals surface area (Å²) < 4.78 is 43.9. The second-order valence-electron chi connectivity index (χ2n) is 7.20. The van der Waals surface area contributed by atoms with Crippen LogP contribution in [0.2, 0.25) is 0 Å². The lowest BCUT2D eigenvalue weighted by Gasteiger charge is -2.55. The Labute approximate surface area is 126 Å². The summed E-state index contributed by atoms with van der Waals surface area (Å²) in [4.78, 5) is 1.97. The van der Waals surface area contributed by atoms with Gasteiger partial charge in [0, 0.05) is 26.2 Å². The molecular formula is C16H28F3NO. The summed E-state index contributed by atoms with van der Waals surface area (Å²) in [7, 11) is 1.17. The molecule has 2 rings (SSSR count). The lowest BCUT2D eigenvalue weighted by Crippen LogP contribution is -2.72. The molecule has 124 valence electrons. The SMILES string of the molecule is CCC1(C(C)C)CCC(N2CC(OC)(C(F)(F)F)C2)CC1. The van der Waals surface area contributed by atoms with Crippen LogP contribution in [0.25, 0.3) is 0 Å². The van der Waals surface area contributed by atoms with Gasteiger partial charge in [-0.15, -0.1) is 0 Å². The quantitative estimate of drug-likeness (QED) is 0.770. The number of ether oxygens (including phenoxy) is 1. The first-order valence-electron chi connectivity index (χ1n) is 8.05. The van der Waals surface area contributed by atoms with Gasteiger partial charge >= 0.3 is 6.18 Å². The Morgan fingerprint density at radius 2 is 1.71 bits per heavy atom. The summed E-state index contributed by atoms with van der Waals surface area (Å²) in [5.41, 5.74) is -1.53. The fourth-order valence-corrected chi connectivity index (χ4v) is 4.17. The van der Waals surface area contributed by atoms with Gasteiger partial charge in [-0.05, 0) is 37.0 Å².